The van der Waals surface area contributed by atoms with Crippen LogP contribution in [-0.4, -0.2) is 23.3 Å². The number of carbonyl (C=O) groups excluding carboxylic acids is 1. The average molecular weight is 248 g/mol. The van der Waals surface area contributed by atoms with E-state index in [2.05, 4.69) is 12.7 Å². The van der Waals surface area contributed by atoms with Crippen LogP contribution in [0.5, 0.6) is 0 Å². The summed E-state index contributed by atoms with van der Waals surface area (Å²) < 4.78 is 5.32. The summed E-state index contributed by atoms with van der Waals surface area (Å²) in [5.41, 5.74) is 2.67. The minimum atomic E-state index is -0.518. The lowest BCUT2D eigenvalue weighted by molar-refractivity contribution is -0.137. The summed E-state index contributed by atoms with van der Waals surface area (Å²) in [4.78, 5) is 11.6. The van der Waals surface area contributed by atoms with Crippen molar-refractivity contribution in [1.82, 2.24) is 0 Å². The van der Waals surface area contributed by atoms with Gasteiger partial charge in [-0.05, 0) is 44.8 Å². The van der Waals surface area contributed by atoms with Gasteiger partial charge < -0.3 is 9.84 Å². The molecule has 3 heteroatoms. The predicted molar refractivity (Wildman–Crippen MR) is 69.9 cm³/mol. The maximum atomic E-state index is 11.6. The van der Waals surface area contributed by atoms with E-state index in [4.69, 9.17) is 4.74 Å². The molecule has 0 radical (unpaired) electrons. The minimum Gasteiger partial charge on any atom is -0.454 e. The van der Waals surface area contributed by atoms with E-state index in [1.54, 1.807) is 0 Å². The molecule has 3 atom stereocenters. The molecule has 0 bridgehead atoms. The molecule has 98 valence electrons. The molecular weight excluding hydrogens is 228 g/mol. The Balaban J connectivity index is 2.30. The van der Waals surface area contributed by atoms with E-state index in [0.29, 0.717) is 12.0 Å². The normalized spacial score (nSPS) is 39.2. The van der Waals surface area contributed by atoms with Crippen molar-refractivity contribution in [2.24, 2.45) is 5.92 Å². The van der Waals surface area contributed by atoms with Crippen LogP contribution in [-0.2, 0) is 9.53 Å². The zero-order valence-electron chi connectivity index (χ0n) is 11.0. The Morgan fingerprint density at radius 3 is 2.89 bits per heavy atom. The first-order valence-electron chi connectivity index (χ1n) is 6.41. The molecule has 0 spiro atoms. The molecule has 0 aromatic carbocycles. The number of fused-ring (bicyclic) bond motifs is 1. The lowest BCUT2D eigenvalue weighted by atomic mass is 9.87. The van der Waals surface area contributed by atoms with Crippen molar-refractivity contribution in [1.29, 1.82) is 0 Å². The van der Waals surface area contributed by atoms with E-state index < -0.39 is 6.10 Å². The Labute approximate surface area is 108 Å². The van der Waals surface area contributed by atoms with Crippen LogP contribution in [0.1, 0.15) is 33.1 Å². The lowest BCUT2D eigenvalue weighted by Crippen LogP contribution is -2.22. The first kappa shape index (κ1) is 13.1. The van der Waals surface area contributed by atoms with Gasteiger partial charge in [-0.15, -0.1) is 0 Å². The zero-order valence-corrected chi connectivity index (χ0v) is 11.0. The van der Waals surface area contributed by atoms with Crippen LogP contribution in [0.4, 0.5) is 0 Å². The molecule has 2 aliphatic rings. The molecule has 3 nitrogen and oxygen atoms in total. The summed E-state index contributed by atoms with van der Waals surface area (Å²) in [5.74, 6) is -0.439. The first-order chi connectivity index (χ1) is 8.49. The number of allylic oxidation sites excluding steroid dienone is 2. The molecule has 1 fully saturated rings. The number of ether oxygens (including phenoxy) is 1. The summed E-state index contributed by atoms with van der Waals surface area (Å²) in [6.07, 6.45) is 5.64. The number of hydrogen-bond acceptors (Lipinski definition) is 3. The number of esters is 1. The fourth-order valence-electron chi connectivity index (χ4n) is 2.51. The second-order valence-corrected chi connectivity index (χ2v) is 5.25. The molecule has 1 heterocycles. The van der Waals surface area contributed by atoms with Crippen molar-refractivity contribution in [3.05, 3.63) is 35.5 Å². The van der Waals surface area contributed by atoms with Crippen molar-refractivity contribution < 1.29 is 14.6 Å². The van der Waals surface area contributed by atoms with E-state index in [1.165, 1.54) is 5.57 Å². The number of carbonyl (C=O) groups is 1. The van der Waals surface area contributed by atoms with E-state index in [0.717, 1.165) is 18.4 Å². The van der Waals surface area contributed by atoms with Crippen LogP contribution in [0.2, 0.25) is 0 Å². The molecule has 1 N–H and O–H groups in total. The number of aliphatic hydroxyl groups is 1. The van der Waals surface area contributed by atoms with Gasteiger partial charge in [-0.2, -0.15) is 0 Å². The van der Waals surface area contributed by atoms with Crippen LogP contribution in [0, 0.1) is 5.92 Å². The molecule has 0 aromatic rings. The third-order valence-electron chi connectivity index (χ3n) is 3.81. The highest BCUT2D eigenvalue weighted by atomic mass is 16.5. The molecule has 18 heavy (non-hydrogen) atoms. The number of hydrogen-bond donors (Lipinski definition) is 1. The van der Waals surface area contributed by atoms with Gasteiger partial charge in [0.05, 0.1) is 6.10 Å². The van der Waals surface area contributed by atoms with Crippen LogP contribution < -0.4 is 0 Å². The van der Waals surface area contributed by atoms with E-state index in [9.17, 15) is 9.90 Å². The summed E-state index contributed by atoms with van der Waals surface area (Å²) >= 11 is 0. The maximum Gasteiger partial charge on any atom is 0.334 e. The third kappa shape index (κ3) is 2.56. The zero-order chi connectivity index (χ0) is 13.3. The second kappa shape index (κ2) is 5.11. The second-order valence-electron chi connectivity index (χ2n) is 5.25. The number of rotatable bonds is 0. The van der Waals surface area contributed by atoms with Gasteiger partial charge in [0.2, 0.25) is 0 Å². The van der Waals surface area contributed by atoms with Crippen LogP contribution in [0.15, 0.2) is 35.5 Å². The highest BCUT2D eigenvalue weighted by Gasteiger charge is 2.38. The summed E-state index contributed by atoms with van der Waals surface area (Å²) in [6, 6.07) is 0. The largest absolute Gasteiger partial charge is 0.454 e. The molecule has 1 aliphatic carbocycles. The molecule has 0 amide bonds. The Bertz CT molecular complexity index is 431. The van der Waals surface area contributed by atoms with Gasteiger partial charge in [-0.1, -0.05) is 18.2 Å². The predicted octanol–water partition coefficient (Wildman–Crippen LogP) is 2.52. The molecule has 0 saturated carbocycles. The molecule has 1 saturated heterocycles. The highest BCUT2D eigenvalue weighted by Crippen LogP contribution is 2.34. The van der Waals surface area contributed by atoms with Gasteiger partial charge in [0.25, 0.3) is 0 Å². The lowest BCUT2D eigenvalue weighted by Gasteiger charge is -2.21. The van der Waals surface area contributed by atoms with E-state index in [-0.39, 0.29) is 18.0 Å². The molecule has 1 aliphatic heterocycles. The van der Waals surface area contributed by atoms with Gasteiger partial charge in [0.1, 0.15) is 6.10 Å². The van der Waals surface area contributed by atoms with Gasteiger partial charge >= 0.3 is 5.97 Å². The highest BCUT2D eigenvalue weighted by molar-refractivity contribution is 5.91. The standard InChI is InChI=1S/C15H20O3/c1-9-5-4-6-10(2)13(16)8-12-11(3)15(17)18-14(12)7-9/h6-7,12-14,16H,3-5,8H2,1-2H3/b9-7+,10-6+/t12-,13-,14+/m0/s1. The summed E-state index contributed by atoms with van der Waals surface area (Å²) in [5, 5.41) is 10.1. The fraction of sp³-hybridized carbons (Fsp3) is 0.533. The van der Waals surface area contributed by atoms with Crippen LogP contribution in [0.3, 0.4) is 0 Å². The Hall–Kier alpha value is -1.35. The molecule has 0 aromatic heterocycles. The van der Waals surface area contributed by atoms with Crippen molar-refractivity contribution >= 4 is 5.97 Å². The van der Waals surface area contributed by atoms with Crippen LogP contribution in [0.25, 0.3) is 0 Å². The van der Waals surface area contributed by atoms with Crippen molar-refractivity contribution in [2.75, 3.05) is 0 Å². The third-order valence-corrected chi connectivity index (χ3v) is 3.81. The van der Waals surface area contributed by atoms with Crippen molar-refractivity contribution in [3.63, 3.8) is 0 Å². The maximum absolute atomic E-state index is 11.6. The Morgan fingerprint density at radius 1 is 1.44 bits per heavy atom. The molecule has 2 rings (SSSR count). The molecular formula is C15H20O3. The molecule has 0 unspecified atom stereocenters. The van der Waals surface area contributed by atoms with Gasteiger partial charge in [0, 0.05) is 11.5 Å². The van der Waals surface area contributed by atoms with Gasteiger partial charge in [0.15, 0.2) is 0 Å². The smallest absolute Gasteiger partial charge is 0.334 e. The Kier molecular flexibility index (Phi) is 3.71. The summed E-state index contributed by atoms with van der Waals surface area (Å²) in [6.45, 7) is 7.78. The first-order valence-corrected chi connectivity index (χ1v) is 6.41. The minimum absolute atomic E-state index is 0.108. The summed E-state index contributed by atoms with van der Waals surface area (Å²) in [7, 11) is 0. The van der Waals surface area contributed by atoms with Gasteiger partial charge in [-0.25, -0.2) is 4.79 Å². The quantitative estimate of drug-likeness (QED) is 0.407. The monoisotopic (exact) mass is 248 g/mol. The number of aliphatic hydroxyl groups excluding tert-OH is 1. The fourth-order valence-corrected chi connectivity index (χ4v) is 2.51. The van der Waals surface area contributed by atoms with E-state index >= 15 is 0 Å². The average Bonchev–Trinajstić information content (AvgIpc) is 2.56. The van der Waals surface area contributed by atoms with Crippen LogP contribution >= 0.6 is 0 Å². The topological polar surface area (TPSA) is 46.5 Å². The van der Waals surface area contributed by atoms with Crippen molar-refractivity contribution in [3.8, 4) is 0 Å². The van der Waals surface area contributed by atoms with Crippen molar-refractivity contribution in [2.45, 2.75) is 45.3 Å². The van der Waals surface area contributed by atoms with E-state index in [1.807, 2.05) is 19.9 Å². The van der Waals surface area contributed by atoms with Gasteiger partial charge in [-0.3, -0.25) is 0 Å². The Morgan fingerprint density at radius 2 is 2.17 bits per heavy atom. The SMILES string of the molecule is C=C1C(=O)O[C@@H]2/C=C(\C)CC/C=C(\C)[C@@H](O)C[C@@H]12.